The normalized spacial score (nSPS) is 17.0. The molecule has 1 aliphatic heterocycles. The Hall–Kier alpha value is -2.18. The number of hydrogen-bond acceptors (Lipinski definition) is 5. The molecule has 1 atom stereocenters. The molecule has 0 radical (unpaired) electrons. The third kappa shape index (κ3) is 2.43. The fourth-order valence-corrected chi connectivity index (χ4v) is 2.77. The number of rotatable bonds is 4. The number of carbonyl (C=O) groups is 1. The van der Waals surface area contributed by atoms with Crippen molar-refractivity contribution >= 4 is 5.91 Å². The number of aryl methyl sites for hydroxylation is 1. The summed E-state index contributed by atoms with van der Waals surface area (Å²) in [5.41, 5.74) is 0.792. The van der Waals surface area contributed by atoms with E-state index < -0.39 is 0 Å². The van der Waals surface area contributed by atoms with Gasteiger partial charge in [0.2, 0.25) is 17.6 Å². The van der Waals surface area contributed by atoms with Gasteiger partial charge in [0.15, 0.2) is 0 Å². The van der Waals surface area contributed by atoms with Gasteiger partial charge in [-0.15, -0.1) is 0 Å². The highest BCUT2D eigenvalue weighted by atomic mass is 16.5. The summed E-state index contributed by atoms with van der Waals surface area (Å²) >= 11 is 0. The zero-order chi connectivity index (χ0) is 15.0. The van der Waals surface area contributed by atoms with Gasteiger partial charge in [-0.3, -0.25) is 4.79 Å². The Morgan fingerprint density at radius 2 is 2.19 bits per heavy atom. The van der Waals surface area contributed by atoms with E-state index in [1.165, 1.54) is 0 Å². The number of imidazole rings is 1. The van der Waals surface area contributed by atoms with E-state index in [9.17, 15) is 4.79 Å². The number of carbonyl (C=O) groups excluding carboxylic acids is 1. The van der Waals surface area contributed by atoms with E-state index in [0.29, 0.717) is 18.1 Å². The Labute approximate surface area is 123 Å². The first kappa shape index (κ1) is 13.8. The molecule has 1 aliphatic rings. The van der Waals surface area contributed by atoms with Crippen LogP contribution in [-0.4, -0.2) is 37.0 Å². The Morgan fingerprint density at radius 3 is 2.76 bits per heavy atom. The van der Waals surface area contributed by atoms with Crippen molar-refractivity contribution in [3.63, 3.8) is 0 Å². The topological polar surface area (TPSA) is 77.1 Å². The van der Waals surface area contributed by atoms with Gasteiger partial charge in [-0.05, 0) is 12.3 Å². The summed E-state index contributed by atoms with van der Waals surface area (Å²) in [6.45, 7) is 4.87. The van der Waals surface area contributed by atoms with E-state index >= 15 is 0 Å². The molecule has 1 amide bonds. The smallest absolute Gasteiger partial charge is 0.250 e. The predicted molar refractivity (Wildman–Crippen MR) is 75.0 cm³/mol. The van der Waals surface area contributed by atoms with Crippen LogP contribution in [-0.2, 0) is 11.8 Å². The largest absolute Gasteiger partial charge is 0.337 e. The van der Waals surface area contributed by atoms with Gasteiger partial charge in [-0.25, -0.2) is 4.98 Å². The van der Waals surface area contributed by atoms with E-state index in [-0.39, 0.29) is 17.9 Å². The lowest BCUT2D eigenvalue weighted by Crippen LogP contribution is -2.33. The number of likely N-dealkylation sites (tertiary alicyclic amines) is 1. The third-order valence-electron chi connectivity index (χ3n) is 3.82. The first-order valence-electron chi connectivity index (χ1n) is 7.17. The molecular formula is C14H19N5O2. The molecule has 0 saturated carbocycles. The van der Waals surface area contributed by atoms with Crippen LogP contribution in [0.15, 0.2) is 17.0 Å². The highest BCUT2D eigenvalue weighted by Gasteiger charge is 2.35. The summed E-state index contributed by atoms with van der Waals surface area (Å²) in [5.74, 6) is 1.37. The van der Waals surface area contributed by atoms with E-state index in [2.05, 4.69) is 29.0 Å². The van der Waals surface area contributed by atoms with Gasteiger partial charge in [-0.2, -0.15) is 4.98 Å². The molecule has 1 fully saturated rings. The van der Waals surface area contributed by atoms with Gasteiger partial charge in [0.25, 0.3) is 0 Å². The van der Waals surface area contributed by atoms with E-state index in [0.717, 1.165) is 18.7 Å². The minimum atomic E-state index is -0.158. The quantitative estimate of drug-likeness (QED) is 0.857. The van der Waals surface area contributed by atoms with E-state index in [1.807, 2.05) is 16.5 Å². The maximum Gasteiger partial charge on any atom is 0.250 e. The third-order valence-corrected chi connectivity index (χ3v) is 3.82. The van der Waals surface area contributed by atoms with Crippen molar-refractivity contribution in [1.29, 1.82) is 0 Å². The first-order chi connectivity index (χ1) is 10.1. The summed E-state index contributed by atoms with van der Waals surface area (Å²) in [6.07, 6.45) is 4.88. The first-order valence-corrected chi connectivity index (χ1v) is 7.17. The van der Waals surface area contributed by atoms with Crippen LogP contribution in [0.5, 0.6) is 0 Å². The maximum atomic E-state index is 12.0. The van der Waals surface area contributed by atoms with Crippen molar-refractivity contribution in [1.82, 2.24) is 24.6 Å². The van der Waals surface area contributed by atoms with Crippen LogP contribution in [0.1, 0.15) is 38.6 Å². The molecule has 0 aliphatic carbocycles. The SMILES string of the molecule is CC(C)C(c1nc(-c2cncn2C)no1)N1CCCC1=O. The zero-order valence-electron chi connectivity index (χ0n) is 12.5. The van der Waals surface area contributed by atoms with Gasteiger partial charge in [0, 0.05) is 20.0 Å². The van der Waals surface area contributed by atoms with Crippen LogP contribution < -0.4 is 0 Å². The fraction of sp³-hybridized carbons (Fsp3) is 0.571. The van der Waals surface area contributed by atoms with Crippen LogP contribution in [0.3, 0.4) is 0 Å². The fourth-order valence-electron chi connectivity index (χ4n) is 2.77. The lowest BCUT2D eigenvalue weighted by atomic mass is 10.0. The molecule has 2 aromatic rings. The van der Waals surface area contributed by atoms with Crippen LogP contribution in [0.4, 0.5) is 0 Å². The van der Waals surface area contributed by atoms with E-state index in [4.69, 9.17) is 4.52 Å². The van der Waals surface area contributed by atoms with Crippen molar-refractivity contribution < 1.29 is 9.32 Å². The number of aromatic nitrogens is 4. The summed E-state index contributed by atoms with van der Waals surface area (Å²) in [4.78, 5) is 22.4. The zero-order valence-corrected chi connectivity index (χ0v) is 12.5. The molecule has 0 spiro atoms. The number of hydrogen-bond donors (Lipinski definition) is 0. The lowest BCUT2D eigenvalue weighted by molar-refractivity contribution is -0.131. The minimum Gasteiger partial charge on any atom is -0.337 e. The van der Waals surface area contributed by atoms with Crippen LogP contribution in [0.2, 0.25) is 0 Å². The van der Waals surface area contributed by atoms with Gasteiger partial charge in [-0.1, -0.05) is 19.0 Å². The standard InChI is InChI=1S/C14H19N5O2/c1-9(2)12(19-6-4-5-11(19)20)14-16-13(17-21-14)10-7-15-8-18(10)3/h7-9,12H,4-6H2,1-3H3. The summed E-state index contributed by atoms with van der Waals surface area (Å²) < 4.78 is 7.26. The molecule has 7 heteroatoms. The number of nitrogens with zero attached hydrogens (tertiary/aromatic N) is 5. The lowest BCUT2D eigenvalue weighted by Gasteiger charge is -2.27. The monoisotopic (exact) mass is 289 g/mol. The Morgan fingerprint density at radius 1 is 1.38 bits per heavy atom. The highest BCUT2D eigenvalue weighted by Crippen LogP contribution is 2.32. The molecule has 0 bridgehead atoms. The summed E-state index contributed by atoms with van der Waals surface area (Å²) in [5, 5.41) is 4.03. The molecule has 3 heterocycles. The van der Waals surface area contributed by atoms with Crippen LogP contribution in [0.25, 0.3) is 11.5 Å². The Bertz CT molecular complexity index is 645. The Kier molecular flexibility index (Phi) is 3.48. The molecule has 2 aromatic heterocycles. The molecule has 112 valence electrons. The maximum absolute atomic E-state index is 12.0. The molecule has 0 aromatic carbocycles. The van der Waals surface area contributed by atoms with Crippen molar-refractivity contribution in [2.75, 3.05) is 6.54 Å². The van der Waals surface area contributed by atoms with E-state index in [1.54, 1.807) is 12.5 Å². The second-order valence-electron chi connectivity index (χ2n) is 5.73. The highest BCUT2D eigenvalue weighted by molar-refractivity contribution is 5.78. The summed E-state index contributed by atoms with van der Waals surface area (Å²) in [7, 11) is 1.88. The van der Waals surface area contributed by atoms with Crippen molar-refractivity contribution in [3.05, 3.63) is 18.4 Å². The number of amides is 1. The van der Waals surface area contributed by atoms with Gasteiger partial charge >= 0.3 is 0 Å². The van der Waals surface area contributed by atoms with Crippen molar-refractivity contribution in [3.8, 4) is 11.5 Å². The average Bonchev–Trinajstić information content (AvgIpc) is 3.13. The van der Waals surface area contributed by atoms with Crippen LogP contribution >= 0.6 is 0 Å². The molecule has 3 rings (SSSR count). The second kappa shape index (κ2) is 5.31. The van der Waals surface area contributed by atoms with Crippen molar-refractivity contribution in [2.24, 2.45) is 13.0 Å². The average molecular weight is 289 g/mol. The van der Waals surface area contributed by atoms with Gasteiger partial charge in [0.05, 0.1) is 12.5 Å². The predicted octanol–water partition coefficient (Wildman–Crippen LogP) is 1.79. The molecule has 7 nitrogen and oxygen atoms in total. The molecule has 21 heavy (non-hydrogen) atoms. The summed E-state index contributed by atoms with van der Waals surface area (Å²) in [6, 6.07) is -0.158. The van der Waals surface area contributed by atoms with Crippen molar-refractivity contribution in [2.45, 2.75) is 32.7 Å². The molecule has 0 N–H and O–H groups in total. The Balaban J connectivity index is 1.92. The molecule has 1 saturated heterocycles. The second-order valence-corrected chi connectivity index (χ2v) is 5.73. The van der Waals surface area contributed by atoms with Crippen LogP contribution in [0, 0.1) is 5.92 Å². The molecule has 1 unspecified atom stereocenters. The minimum absolute atomic E-state index is 0.158. The van der Waals surface area contributed by atoms with Gasteiger partial charge in [0.1, 0.15) is 11.7 Å². The molecular weight excluding hydrogens is 270 g/mol. The van der Waals surface area contributed by atoms with Gasteiger partial charge < -0.3 is 14.0 Å².